The maximum atomic E-state index is 12.1. The third kappa shape index (κ3) is 5.21. The molecular weight excluding hydrogens is 318 g/mol. The Morgan fingerprint density at radius 1 is 1.12 bits per heavy atom. The molecule has 1 atom stereocenters. The minimum absolute atomic E-state index is 0.138. The molecule has 0 radical (unpaired) electrons. The summed E-state index contributed by atoms with van der Waals surface area (Å²) in [5.41, 5.74) is 1.46. The van der Waals surface area contributed by atoms with Gasteiger partial charge in [0.1, 0.15) is 11.8 Å². The molecule has 1 N–H and O–H groups in total. The first kappa shape index (κ1) is 18.3. The van der Waals surface area contributed by atoms with Gasteiger partial charge in [-0.1, -0.05) is 42.5 Å². The highest BCUT2D eigenvalue weighted by Crippen LogP contribution is 2.14. The van der Waals surface area contributed by atoms with E-state index in [1.54, 1.807) is 66.7 Å². The van der Waals surface area contributed by atoms with E-state index in [4.69, 9.17) is 4.74 Å². The van der Waals surface area contributed by atoms with Crippen LogP contribution in [0.5, 0.6) is 5.75 Å². The van der Waals surface area contributed by atoms with Crippen LogP contribution in [0.15, 0.2) is 66.9 Å². The Balaban J connectivity index is 2.11. The molecule has 0 aromatic heterocycles. The largest absolute Gasteiger partial charge is 0.508 e. The summed E-state index contributed by atoms with van der Waals surface area (Å²) >= 11 is 0. The molecule has 0 aliphatic carbocycles. The third-order valence-corrected chi connectivity index (χ3v) is 3.85. The van der Waals surface area contributed by atoms with E-state index in [9.17, 15) is 14.7 Å². The first-order valence-electron chi connectivity index (χ1n) is 7.86. The topological polar surface area (TPSA) is 66.8 Å². The van der Waals surface area contributed by atoms with Crippen LogP contribution < -0.4 is 0 Å². The SMILES string of the molecule is COC(=O)C(Cc1ccc(O)cc1)N(C)C=CC(=O)c1ccccc1. The lowest BCUT2D eigenvalue weighted by atomic mass is 10.0. The third-order valence-electron chi connectivity index (χ3n) is 3.85. The van der Waals surface area contributed by atoms with Gasteiger partial charge < -0.3 is 14.7 Å². The van der Waals surface area contributed by atoms with Gasteiger partial charge in [0.05, 0.1) is 7.11 Å². The minimum Gasteiger partial charge on any atom is -0.508 e. The molecule has 0 fully saturated rings. The number of phenolic OH excluding ortho intramolecular Hbond substituents is 1. The molecule has 0 amide bonds. The minimum atomic E-state index is -0.575. The average Bonchev–Trinajstić information content (AvgIpc) is 2.65. The van der Waals surface area contributed by atoms with E-state index in [-0.39, 0.29) is 11.5 Å². The molecule has 130 valence electrons. The normalized spacial score (nSPS) is 11.9. The number of phenols is 1. The van der Waals surface area contributed by atoms with Crippen LogP contribution in [0.25, 0.3) is 0 Å². The molecular formula is C20H21NO4. The molecule has 0 spiro atoms. The lowest BCUT2D eigenvalue weighted by Gasteiger charge is -2.24. The molecule has 25 heavy (non-hydrogen) atoms. The number of carbonyl (C=O) groups excluding carboxylic acids is 2. The molecule has 2 aromatic carbocycles. The fourth-order valence-electron chi connectivity index (χ4n) is 2.37. The predicted molar refractivity (Wildman–Crippen MR) is 95.3 cm³/mol. The monoisotopic (exact) mass is 339 g/mol. The summed E-state index contributed by atoms with van der Waals surface area (Å²) in [5.74, 6) is -0.367. The molecule has 0 aliphatic heterocycles. The van der Waals surface area contributed by atoms with Crippen LogP contribution >= 0.6 is 0 Å². The van der Waals surface area contributed by atoms with E-state index in [0.717, 1.165) is 5.56 Å². The summed E-state index contributed by atoms with van der Waals surface area (Å²) in [5, 5.41) is 9.36. The number of rotatable bonds is 7. The van der Waals surface area contributed by atoms with Crippen molar-refractivity contribution in [3.63, 3.8) is 0 Å². The van der Waals surface area contributed by atoms with Crippen LogP contribution in [-0.4, -0.2) is 42.0 Å². The summed E-state index contributed by atoms with van der Waals surface area (Å²) in [6.45, 7) is 0. The van der Waals surface area contributed by atoms with E-state index >= 15 is 0 Å². The highest BCUT2D eigenvalue weighted by Gasteiger charge is 2.22. The van der Waals surface area contributed by atoms with Crippen LogP contribution in [0.2, 0.25) is 0 Å². The van der Waals surface area contributed by atoms with Gasteiger partial charge in [-0.3, -0.25) is 4.79 Å². The standard InChI is InChI=1S/C20H21NO4/c1-21(13-12-19(23)16-6-4-3-5-7-16)18(20(24)25-2)14-15-8-10-17(22)11-9-15/h3-13,18,22H,14H2,1-2H3. The predicted octanol–water partition coefficient (Wildman–Crippen LogP) is 2.80. The first-order chi connectivity index (χ1) is 12.0. The van der Waals surface area contributed by atoms with Gasteiger partial charge in [-0.15, -0.1) is 0 Å². The Morgan fingerprint density at radius 3 is 2.36 bits per heavy atom. The highest BCUT2D eigenvalue weighted by atomic mass is 16.5. The second-order valence-corrected chi connectivity index (χ2v) is 5.62. The molecule has 2 aromatic rings. The van der Waals surface area contributed by atoms with Crippen LogP contribution in [0.1, 0.15) is 15.9 Å². The van der Waals surface area contributed by atoms with Crippen molar-refractivity contribution in [1.82, 2.24) is 4.90 Å². The molecule has 2 rings (SSSR count). The number of hydrogen-bond donors (Lipinski definition) is 1. The molecule has 0 heterocycles. The zero-order valence-electron chi connectivity index (χ0n) is 14.3. The lowest BCUT2D eigenvalue weighted by Crippen LogP contribution is -2.38. The fraction of sp³-hybridized carbons (Fsp3) is 0.200. The Hall–Kier alpha value is -3.08. The second kappa shape index (κ2) is 8.68. The van der Waals surface area contributed by atoms with Crippen molar-refractivity contribution in [1.29, 1.82) is 0 Å². The Labute approximate surface area is 147 Å². The molecule has 5 nitrogen and oxygen atoms in total. The number of allylic oxidation sites excluding steroid dienone is 1. The van der Waals surface area contributed by atoms with Crippen LogP contribution in [-0.2, 0) is 16.0 Å². The summed E-state index contributed by atoms with van der Waals surface area (Å²) in [6, 6.07) is 15.0. The van der Waals surface area contributed by atoms with E-state index in [2.05, 4.69) is 0 Å². The van der Waals surface area contributed by atoms with E-state index in [1.807, 2.05) is 6.07 Å². The van der Waals surface area contributed by atoms with Gasteiger partial charge in [0.15, 0.2) is 5.78 Å². The highest BCUT2D eigenvalue weighted by molar-refractivity contribution is 6.04. The molecule has 0 saturated carbocycles. The summed E-state index contributed by atoms with van der Waals surface area (Å²) < 4.78 is 4.87. The molecule has 1 unspecified atom stereocenters. The second-order valence-electron chi connectivity index (χ2n) is 5.62. The van der Waals surface area contributed by atoms with E-state index in [0.29, 0.717) is 12.0 Å². The number of esters is 1. The van der Waals surface area contributed by atoms with Crippen molar-refractivity contribution < 1.29 is 19.4 Å². The number of methoxy groups -OCH3 is 1. The Kier molecular flexibility index (Phi) is 6.34. The van der Waals surface area contributed by atoms with Crippen molar-refractivity contribution >= 4 is 11.8 Å². The number of benzene rings is 2. The van der Waals surface area contributed by atoms with Gasteiger partial charge in [0.2, 0.25) is 0 Å². The quantitative estimate of drug-likeness (QED) is 0.477. The Bertz CT molecular complexity index is 738. The smallest absolute Gasteiger partial charge is 0.328 e. The van der Waals surface area contributed by atoms with Crippen LogP contribution in [0.3, 0.4) is 0 Å². The summed E-state index contributed by atoms with van der Waals surface area (Å²) in [6.07, 6.45) is 3.41. The van der Waals surface area contributed by atoms with Crippen molar-refractivity contribution in [2.75, 3.05) is 14.2 Å². The van der Waals surface area contributed by atoms with Crippen LogP contribution in [0, 0.1) is 0 Å². The van der Waals surface area contributed by atoms with Gasteiger partial charge >= 0.3 is 5.97 Å². The first-order valence-corrected chi connectivity index (χ1v) is 7.86. The number of likely N-dealkylation sites (N-methyl/N-ethyl adjacent to an activating group) is 1. The lowest BCUT2D eigenvalue weighted by molar-refractivity contribution is -0.145. The molecule has 0 saturated heterocycles. The maximum Gasteiger partial charge on any atom is 0.328 e. The number of aromatic hydroxyl groups is 1. The van der Waals surface area contributed by atoms with Crippen molar-refractivity contribution in [3.8, 4) is 5.75 Å². The van der Waals surface area contributed by atoms with Crippen LogP contribution in [0.4, 0.5) is 0 Å². The summed E-state index contributed by atoms with van der Waals surface area (Å²) in [4.78, 5) is 25.9. The number of ether oxygens (including phenoxy) is 1. The van der Waals surface area contributed by atoms with Gasteiger partial charge in [-0.2, -0.15) is 0 Å². The zero-order chi connectivity index (χ0) is 18.2. The molecule has 5 heteroatoms. The maximum absolute atomic E-state index is 12.1. The number of nitrogens with zero attached hydrogens (tertiary/aromatic N) is 1. The Morgan fingerprint density at radius 2 is 1.76 bits per heavy atom. The number of ketones is 1. The number of carbonyl (C=O) groups is 2. The average molecular weight is 339 g/mol. The van der Waals surface area contributed by atoms with Gasteiger partial charge in [-0.05, 0) is 17.7 Å². The zero-order valence-corrected chi connectivity index (χ0v) is 14.3. The van der Waals surface area contributed by atoms with Crippen molar-refractivity contribution in [3.05, 3.63) is 78.0 Å². The summed E-state index contributed by atoms with van der Waals surface area (Å²) in [7, 11) is 3.05. The fourth-order valence-corrected chi connectivity index (χ4v) is 2.37. The van der Waals surface area contributed by atoms with Crippen molar-refractivity contribution in [2.45, 2.75) is 12.5 Å². The van der Waals surface area contributed by atoms with E-state index < -0.39 is 12.0 Å². The molecule has 0 aliphatic rings. The molecule has 0 bridgehead atoms. The van der Waals surface area contributed by atoms with Gasteiger partial charge in [0.25, 0.3) is 0 Å². The van der Waals surface area contributed by atoms with Gasteiger partial charge in [0, 0.05) is 31.3 Å². The van der Waals surface area contributed by atoms with Crippen molar-refractivity contribution in [2.24, 2.45) is 0 Å². The van der Waals surface area contributed by atoms with E-state index in [1.165, 1.54) is 13.2 Å². The number of hydrogen-bond acceptors (Lipinski definition) is 5. The van der Waals surface area contributed by atoms with Gasteiger partial charge in [-0.25, -0.2) is 4.79 Å².